The van der Waals surface area contributed by atoms with Crippen LogP contribution in [-0.2, 0) is 9.53 Å². The Morgan fingerprint density at radius 1 is 0.952 bits per heavy atom. The second-order valence-corrected chi connectivity index (χ2v) is 9.16. The van der Waals surface area contributed by atoms with Crippen molar-refractivity contribution in [3.63, 3.8) is 0 Å². The molecule has 3 heterocycles. The van der Waals surface area contributed by atoms with E-state index in [1.165, 1.54) is 0 Å². The number of fused-ring (bicyclic) bond motifs is 1. The Bertz CT molecular complexity index is 1550. The van der Waals surface area contributed by atoms with E-state index in [9.17, 15) is 23.4 Å². The van der Waals surface area contributed by atoms with Crippen LogP contribution in [0.4, 0.5) is 24.9 Å². The number of nitrogens with one attached hydrogen (secondary N) is 1. The first kappa shape index (κ1) is 30.2. The topological polar surface area (TPSA) is 180 Å². The number of carboxylic acid groups (broad SMARTS) is 1. The van der Waals surface area contributed by atoms with Gasteiger partial charge in [-0.3, -0.25) is 4.90 Å². The summed E-state index contributed by atoms with van der Waals surface area (Å²) in [5.41, 5.74) is 9.20. The summed E-state index contributed by atoms with van der Waals surface area (Å²) in [4.78, 5) is 29.6. The van der Waals surface area contributed by atoms with Crippen molar-refractivity contribution in [1.29, 1.82) is 0 Å². The van der Waals surface area contributed by atoms with Crippen molar-refractivity contribution in [1.82, 2.24) is 24.8 Å². The number of nitrogens with two attached hydrogens (primary N) is 1. The number of carbonyl (C=O) groups is 1. The van der Waals surface area contributed by atoms with E-state index in [1.807, 2.05) is 12.1 Å². The zero-order valence-corrected chi connectivity index (χ0v) is 22.2. The fraction of sp³-hybridized carbons (Fsp3) is 0.296. The number of alkyl halides is 3. The van der Waals surface area contributed by atoms with Crippen molar-refractivity contribution in [2.75, 3.05) is 50.4 Å². The van der Waals surface area contributed by atoms with E-state index in [0.29, 0.717) is 46.0 Å². The summed E-state index contributed by atoms with van der Waals surface area (Å²) in [6.45, 7) is 5.07. The minimum atomic E-state index is -5.08. The summed E-state index contributed by atoms with van der Waals surface area (Å²) in [6.07, 6.45) is -4.17. The maximum absolute atomic E-state index is 10.6. The van der Waals surface area contributed by atoms with Crippen LogP contribution in [0.5, 0.6) is 11.5 Å². The van der Waals surface area contributed by atoms with E-state index in [4.69, 9.17) is 30.3 Å². The van der Waals surface area contributed by atoms with Crippen molar-refractivity contribution in [3.8, 4) is 34.0 Å². The first-order chi connectivity index (χ1) is 20.0. The predicted molar refractivity (Wildman–Crippen MR) is 148 cm³/mol. The maximum Gasteiger partial charge on any atom is 0.490 e. The lowest BCUT2D eigenvalue weighted by molar-refractivity contribution is -0.192. The molecule has 0 atom stereocenters. The Kier molecular flexibility index (Phi) is 9.54. The first-order valence-electron chi connectivity index (χ1n) is 12.8. The number of phenolic OH excluding ortho intramolecular Hbond substituents is 2. The molecule has 0 saturated carbocycles. The van der Waals surface area contributed by atoms with Crippen molar-refractivity contribution in [2.45, 2.75) is 12.6 Å². The first-order valence-corrected chi connectivity index (χ1v) is 12.8. The van der Waals surface area contributed by atoms with Crippen LogP contribution in [-0.4, -0.2) is 91.7 Å². The molecule has 0 spiro atoms. The number of anilines is 2. The van der Waals surface area contributed by atoms with E-state index in [1.54, 1.807) is 36.4 Å². The van der Waals surface area contributed by atoms with Crippen LogP contribution in [0.15, 0.2) is 48.5 Å². The molecule has 1 aliphatic heterocycles. The minimum absolute atomic E-state index is 0.0921. The normalized spacial score (nSPS) is 13.8. The molecule has 2 aromatic carbocycles. The molecule has 4 aromatic rings. The number of carboxylic acids is 1. The number of ether oxygens (including phenoxy) is 1. The van der Waals surface area contributed by atoms with Gasteiger partial charge in [-0.15, -0.1) is 0 Å². The summed E-state index contributed by atoms with van der Waals surface area (Å²) in [5.74, 6) is -1.94. The highest BCUT2D eigenvalue weighted by Gasteiger charge is 2.38. The largest absolute Gasteiger partial charge is 0.508 e. The lowest BCUT2D eigenvalue weighted by Gasteiger charge is -2.26. The average molecular weight is 588 g/mol. The molecular formula is C27H28F3N7O5. The van der Waals surface area contributed by atoms with E-state index in [2.05, 4.69) is 20.2 Å². The van der Waals surface area contributed by atoms with E-state index >= 15 is 0 Å². The molecule has 1 aliphatic rings. The van der Waals surface area contributed by atoms with Crippen LogP contribution in [0.1, 0.15) is 6.42 Å². The fourth-order valence-corrected chi connectivity index (χ4v) is 4.13. The molecular weight excluding hydrogens is 559 g/mol. The second-order valence-electron chi connectivity index (χ2n) is 9.16. The third kappa shape index (κ3) is 7.92. The zero-order valence-electron chi connectivity index (χ0n) is 22.2. The molecule has 12 nitrogen and oxygen atoms in total. The van der Waals surface area contributed by atoms with E-state index in [0.717, 1.165) is 39.3 Å². The summed E-state index contributed by atoms with van der Waals surface area (Å²) < 4.78 is 37.1. The van der Waals surface area contributed by atoms with Gasteiger partial charge in [0.1, 0.15) is 11.5 Å². The van der Waals surface area contributed by atoms with Gasteiger partial charge in [-0.2, -0.15) is 23.1 Å². The van der Waals surface area contributed by atoms with E-state index < -0.39 is 12.1 Å². The standard InChI is InChI=1S/C25H27N7O3.C2HF3O2/c26-25-30-23(27-8-3-9-32-10-12-35-13-11-32)22-24(31-25)29-21(17-5-2-7-19(34)15-17)20(28-22)16-4-1-6-18(33)14-16;3-2(4,5)1(6)7/h1-2,4-7,14-15,33-34H,3,8-13H2,(H3,26,27,29,30,31);(H,6,7). The monoisotopic (exact) mass is 587 g/mol. The Morgan fingerprint density at radius 3 is 2.07 bits per heavy atom. The number of aliphatic carboxylic acids is 1. The van der Waals surface area contributed by atoms with E-state index in [-0.39, 0.29) is 17.4 Å². The lowest BCUT2D eigenvalue weighted by Crippen LogP contribution is -2.37. The number of nitrogens with zero attached hydrogens (tertiary/aromatic N) is 5. The molecule has 1 saturated heterocycles. The molecule has 2 aromatic heterocycles. The number of morpholine rings is 1. The molecule has 0 radical (unpaired) electrons. The van der Waals surface area contributed by atoms with Gasteiger partial charge >= 0.3 is 12.1 Å². The molecule has 42 heavy (non-hydrogen) atoms. The van der Waals surface area contributed by atoms with Crippen LogP contribution < -0.4 is 11.1 Å². The van der Waals surface area contributed by atoms with Crippen LogP contribution >= 0.6 is 0 Å². The highest BCUT2D eigenvalue weighted by molar-refractivity contribution is 5.90. The average Bonchev–Trinajstić information content (AvgIpc) is 2.95. The fourth-order valence-electron chi connectivity index (χ4n) is 4.13. The number of hydrogen-bond donors (Lipinski definition) is 5. The highest BCUT2D eigenvalue weighted by atomic mass is 19.4. The van der Waals surface area contributed by atoms with Gasteiger partial charge in [-0.1, -0.05) is 24.3 Å². The Hall–Kier alpha value is -4.76. The van der Waals surface area contributed by atoms with Gasteiger partial charge in [0.2, 0.25) is 5.95 Å². The number of rotatable bonds is 7. The van der Waals surface area contributed by atoms with Crippen molar-refractivity contribution in [3.05, 3.63) is 48.5 Å². The number of aromatic nitrogens is 4. The van der Waals surface area contributed by atoms with Crippen LogP contribution in [0.2, 0.25) is 0 Å². The van der Waals surface area contributed by atoms with Crippen LogP contribution in [0.25, 0.3) is 33.7 Å². The summed E-state index contributed by atoms with van der Waals surface area (Å²) >= 11 is 0. The molecule has 0 unspecified atom stereocenters. The summed E-state index contributed by atoms with van der Waals surface area (Å²) in [6, 6.07) is 13.6. The third-order valence-electron chi connectivity index (χ3n) is 6.08. The molecule has 0 aliphatic carbocycles. The smallest absolute Gasteiger partial charge is 0.490 e. The predicted octanol–water partition coefficient (Wildman–Crippen LogP) is 3.51. The van der Waals surface area contributed by atoms with Crippen LogP contribution in [0, 0.1) is 0 Å². The van der Waals surface area contributed by atoms with Gasteiger partial charge < -0.3 is 31.1 Å². The Balaban J connectivity index is 0.000000517. The Morgan fingerprint density at radius 2 is 1.52 bits per heavy atom. The molecule has 1 fully saturated rings. The number of benzene rings is 2. The summed E-state index contributed by atoms with van der Waals surface area (Å²) in [7, 11) is 0. The molecule has 0 amide bonds. The summed E-state index contributed by atoms with van der Waals surface area (Å²) in [5, 5.41) is 30.6. The minimum Gasteiger partial charge on any atom is -0.508 e. The van der Waals surface area contributed by atoms with Gasteiger partial charge in [0, 0.05) is 30.8 Å². The van der Waals surface area contributed by atoms with Gasteiger partial charge in [0.05, 0.1) is 24.6 Å². The number of phenols is 2. The highest BCUT2D eigenvalue weighted by Crippen LogP contribution is 2.34. The molecule has 0 bridgehead atoms. The van der Waals surface area contributed by atoms with Gasteiger partial charge in [0.15, 0.2) is 17.0 Å². The van der Waals surface area contributed by atoms with Gasteiger partial charge in [-0.05, 0) is 37.2 Å². The van der Waals surface area contributed by atoms with Crippen molar-refractivity contribution in [2.24, 2.45) is 0 Å². The lowest BCUT2D eigenvalue weighted by atomic mass is 10.0. The SMILES string of the molecule is Nc1nc(NCCCN2CCOCC2)c2nc(-c3cccc(O)c3)c(-c3cccc(O)c3)nc2n1.O=C(O)C(F)(F)F. The van der Waals surface area contributed by atoms with Gasteiger partial charge in [-0.25, -0.2) is 14.8 Å². The molecule has 6 N–H and O–H groups in total. The zero-order chi connectivity index (χ0) is 30.3. The number of nitrogen functional groups attached to an aromatic ring is 1. The molecule has 5 rings (SSSR count). The maximum atomic E-state index is 10.6. The van der Waals surface area contributed by atoms with Crippen molar-refractivity contribution >= 4 is 28.9 Å². The van der Waals surface area contributed by atoms with Crippen molar-refractivity contribution < 1.29 is 38.0 Å². The van der Waals surface area contributed by atoms with Crippen LogP contribution in [0.3, 0.4) is 0 Å². The Labute approximate surface area is 237 Å². The third-order valence-corrected chi connectivity index (χ3v) is 6.08. The number of halogens is 3. The quantitative estimate of drug-likeness (QED) is 0.199. The molecule has 15 heteroatoms. The second kappa shape index (κ2) is 13.3. The van der Waals surface area contributed by atoms with Gasteiger partial charge in [0.25, 0.3) is 0 Å². The molecule has 222 valence electrons. The number of aromatic hydroxyl groups is 2. The number of hydrogen-bond acceptors (Lipinski definition) is 11.